The zero-order valence-electron chi connectivity index (χ0n) is 10.2. The van der Waals surface area contributed by atoms with Crippen LogP contribution in [0.3, 0.4) is 0 Å². The third-order valence-corrected chi connectivity index (χ3v) is 3.98. The number of hydrogen-bond donors (Lipinski definition) is 3. The van der Waals surface area contributed by atoms with Crippen LogP contribution in [0.15, 0.2) is 24.3 Å². The second kappa shape index (κ2) is 6.02. The molecule has 3 amide bonds. The van der Waals surface area contributed by atoms with E-state index in [0.717, 1.165) is 11.8 Å². The standard InChI is InChI=1S/C12H11N3O3S2/c13-10(17)6-3-1-2-4-7(6)14-9(16)5-8-11(18)15-12(19)20-8/h1-4,8H,5H2,(H2,13,17)(H,14,16)(H,15,18,19)/t8-/m0/s1. The Morgan fingerprint density at radius 3 is 2.70 bits per heavy atom. The summed E-state index contributed by atoms with van der Waals surface area (Å²) < 4.78 is 0.366. The molecule has 1 aliphatic rings. The molecular formula is C12H11N3O3S2. The van der Waals surface area contributed by atoms with Gasteiger partial charge in [0, 0.05) is 6.42 Å². The molecule has 6 nitrogen and oxygen atoms in total. The molecular weight excluding hydrogens is 298 g/mol. The topological polar surface area (TPSA) is 101 Å². The average molecular weight is 309 g/mol. The summed E-state index contributed by atoms with van der Waals surface area (Å²) >= 11 is 5.99. The number of primary amides is 1. The summed E-state index contributed by atoms with van der Waals surface area (Å²) in [6.45, 7) is 0. The zero-order valence-corrected chi connectivity index (χ0v) is 11.8. The molecule has 4 N–H and O–H groups in total. The lowest BCUT2D eigenvalue weighted by molar-refractivity contribution is -0.122. The summed E-state index contributed by atoms with van der Waals surface area (Å²) in [5.41, 5.74) is 5.77. The number of nitrogens with two attached hydrogens (primary N) is 1. The highest BCUT2D eigenvalue weighted by Crippen LogP contribution is 2.23. The number of rotatable bonds is 4. The molecule has 20 heavy (non-hydrogen) atoms. The van der Waals surface area contributed by atoms with E-state index < -0.39 is 11.2 Å². The van der Waals surface area contributed by atoms with Gasteiger partial charge in [0.15, 0.2) is 0 Å². The maximum absolute atomic E-state index is 11.9. The fourth-order valence-corrected chi connectivity index (χ4v) is 2.97. The van der Waals surface area contributed by atoms with Crippen LogP contribution in [0.4, 0.5) is 5.69 Å². The Kier molecular flexibility index (Phi) is 4.35. The number of carbonyl (C=O) groups is 3. The smallest absolute Gasteiger partial charge is 0.250 e. The van der Waals surface area contributed by atoms with Crippen molar-refractivity contribution in [3.8, 4) is 0 Å². The van der Waals surface area contributed by atoms with E-state index in [9.17, 15) is 14.4 Å². The lowest BCUT2D eigenvalue weighted by atomic mass is 10.1. The normalized spacial score (nSPS) is 17.7. The molecule has 0 bridgehead atoms. The number of amides is 3. The summed E-state index contributed by atoms with van der Waals surface area (Å²) in [6, 6.07) is 6.41. The van der Waals surface area contributed by atoms with E-state index >= 15 is 0 Å². The van der Waals surface area contributed by atoms with E-state index in [1.165, 1.54) is 6.07 Å². The monoisotopic (exact) mass is 309 g/mol. The lowest BCUT2D eigenvalue weighted by Crippen LogP contribution is -2.28. The first-order valence-electron chi connectivity index (χ1n) is 5.67. The van der Waals surface area contributed by atoms with Gasteiger partial charge < -0.3 is 16.4 Å². The molecule has 1 heterocycles. The van der Waals surface area contributed by atoms with Crippen molar-refractivity contribution in [1.82, 2.24) is 5.32 Å². The zero-order chi connectivity index (χ0) is 14.7. The molecule has 0 radical (unpaired) electrons. The Labute approximate surface area is 124 Å². The van der Waals surface area contributed by atoms with Gasteiger partial charge >= 0.3 is 0 Å². The predicted molar refractivity (Wildman–Crippen MR) is 80.3 cm³/mol. The molecule has 0 aliphatic carbocycles. The Balaban J connectivity index is 2.04. The van der Waals surface area contributed by atoms with Gasteiger partial charge in [-0.3, -0.25) is 14.4 Å². The molecule has 1 aliphatic heterocycles. The first-order valence-corrected chi connectivity index (χ1v) is 6.96. The van der Waals surface area contributed by atoms with E-state index in [2.05, 4.69) is 10.6 Å². The first-order chi connectivity index (χ1) is 9.47. The average Bonchev–Trinajstić information content (AvgIpc) is 2.68. The molecule has 2 rings (SSSR count). The lowest BCUT2D eigenvalue weighted by Gasteiger charge is -2.10. The minimum absolute atomic E-state index is 0.0241. The van der Waals surface area contributed by atoms with Crippen molar-refractivity contribution < 1.29 is 14.4 Å². The fourth-order valence-electron chi connectivity index (χ4n) is 1.70. The number of hydrogen-bond acceptors (Lipinski definition) is 5. The number of thioether (sulfide) groups is 1. The third-order valence-electron chi connectivity index (χ3n) is 2.60. The molecule has 1 aromatic rings. The maximum atomic E-state index is 11.9. The molecule has 1 saturated heterocycles. The quantitative estimate of drug-likeness (QED) is 0.708. The number of para-hydroxylation sites is 1. The molecule has 0 unspecified atom stereocenters. The summed E-state index contributed by atoms with van der Waals surface area (Å²) in [4.78, 5) is 34.6. The molecule has 1 fully saturated rings. The van der Waals surface area contributed by atoms with E-state index in [1.54, 1.807) is 18.2 Å². The van der Waals surface area contributed by atoms with Crippen molar-refractivity contribution >= 4 is 51.7 Å². The second-order valence-corrected chi connectivity index (χ2v) is 5.92. The van der Waals surface area contributed by atoms with Gasteiger partial charge in [0.1, 0.15) is 4.32 Å². The van der Waals surface area contributed by atoms with Crippen molar-refractivity contribution in [2.45, 2.75) is 11.7 Å². The Morgan fingerprint density at radius 2 is 2.10 bits per heavy atom. The number of anilines is 1. The minimum Gasteiger partial charge on any atom is -0.366 e. The van der Waals surface area contributed by atoms with Crippen LogP contribution in [0.25, 0.3) is 0 Å². The van der Waals surface area contributed by atoms with Crippen LogP contribution in [-0.4, -0.2) is 27.3 Å². The van der Waals surface area contributed by atoms with Gasteiger partial charge in [-0.05, 0) is 12.1 Å². The second-order valence-electron chi connectivity index (χ2n) is 4.05. The van der Waals surface area contributed by atoms with Gasteiger partial charge in [-0.2, -0.15) is 0 Å². The van der Waals surface area contributed by atoms with Gasteiger partial charge in [-0.1, -0.05) is 36.1 Å². The molecule has 0 spiro atoms. The maximum Gasteiger partial charge on any atom is 0.250 e. The van der Waals surface area contributed by atoms with Crippen LogP contribution in [0.5, 0.6) is 0 Å². The van der Waals surface area contributed by atoms with Gasteiger partial charge in [-0.15, -0.1) is 0 Å². The van der Waals surface area contributed by atoms with E-state index in [0.29, 0.717) is 10.0 Å². The summed E-state index contributed by atoms with van der Waals surface area (Å²) in [6.07, 6.45) is -0.0241. The molecule has 104 valence electrons. The van der Waals surface area contributed by atoms with Crippen LogP contribution in [0.1, 0.15) is 16.8 Å². The largest absolute Gasteiger partial charge is 0.366 e. The number of benzene rings is 1. The predicted octanol–water partition coefficient (Wildman–Crippen LogP) is 0.631. The third kappa shape index (κ3) is 3.34. The Hall–Kier alpha value is -1.93. The Bertz CT molecular complexity index is 603. The summed E-state index contributed by atoms with van der Waals surface area (Å²) in [5, 5.41) is 4.51. The van der Waals surface area contributed by atoms with Crippen molar-refractivity contribution in [3.05, 3.63) is 29.8 Å². The number of thiocarbonyl (C=S) groups is 1. The Morgan fingerprint density at radius 1 is 1.40 bits per heavy atom. The highest BCUT2D eigenvalue weighted by Gasteiger charge is 2.31. The molecule has 1 aromatic carbocycles. The van der Waals surface area contributed by atoms with Crippen LogP contribution >= 0.6 is 24.0 Å². The van der Waals surface area contributed by atoms with E-state index in [4.69, 9.17) is 18.0 Å². The molecule has 0 saturated carbocycles. The van der Waals surface area contributed by atoms with Gasteiger partial charge in [0.05, 0.1) is 16.5 Å². The van der Waals surface area contributed by atoms with E-state index in [1.807, 2.05) is 0 Å². The SMILES string of the molecule is NC(=O)c1ccccc1NC(=O)C[C@@H]1SC(=S)NC1=O. The number of nitrogens with one attached hydrogen (secondary N) is 2. The van der Waals surface area contributed by atoms with Crippen molar-refractivity contribution in [3.63, 3.8) is 0 Å². The van der Waals surface area contributed by atoms with Gasteiger partial charge in [0.2, 0.25) is 11.8 Å². The van der Waals surface area contributed by atoms with Crippen LogP contribution < -0.4 is 16.4 Å². The number of carbonyl (C=O) groups excluding carboxylic acids is 3. The molecule has 0 aromatic heterocycles. The van der Waals surface area contributed by atoms with Gasteiger partial charge in [0.25, 0.3) is 5.91 Å². The van der Waals surface area contributed by atoms with E-state index in [-0.39, 0.29) is 23.8 Å². The van der Waals surface area contributed by atoms with Crippen LogP contribution in [-0.2, 0) is 9.59 Å². The molecule has 1 atom stereocenters. The van der Waals surface area contributed by atoms with Crippen LogP contribution in [0, 0.1) is 0 Å². The van der Waals surface area contributed by atoms with Crippen molar-refractivity contribution in [2.75, 3.05) is 5.32 Å². The van der Waals surface area contributed by atoms with Crippen LogP contribution in [0.2, 0.25) is 0 Å². The summed E-state index contributed by atoms with van der Waals surface area (Å²) in [5.74, 6) is -1.29. The first kappa shape index (κ1) is 14.5. The fraction of sp³-hybridized carbons (Fsp3) is 0.167. The minimum atomic E-state index is -0.630. The highest BCUT2D eigenvalue weighted by atomic mass is 32.2. The highest BCUT2D eigenvalue weighted by molar-refractivity contribution is 8.24. The molecule has 8 heteroatoms. The van der Waals surface area contributed by atoms with Crippen molar-refractivity contribution in [1.29, 1.82) is 0 Å². The van der Waals surface area contributed by atoms with Crippen molar-refractivity contribution in [2.24, 2.45) is 5.73 Å². The summed E-state index contributed by atoms with van der Waals surface area (Å²) in [7, 11) is 0. The van der Waals surface area contributed by atoms with Gasteiger partial charge in [-0.25, -0.2) is 0 Å².